The number of carbonyl (C=O) groups excluding carboxylic acids is 2. The molecule has 2 aromatic rings. The summed E-state index contributed by atoms with van der Waals surface area (Å²) in [5, 5.41) is 5.63. The second kappa shape index (κ2) is 8.56. The van der Waals surface area contributed by atoms with E-state index >= 15 is 0 Å². The molecule has 0 aromatic heterocycles. The molecule has 0 atom stereocenters. The Kier molecular flexibility index (Phi) is 5.93. The third-order valence-electron chi connectivity index (χ3n) is 4.52. The minimum absolute atomic E-state index is 0.125. The molecule has 3 rings (SSSR count). The van der Waals surface area contributed by atoms with Crippen LogP contribution in [0.3, 0.4) is 0 Å². The third-order valence-corrected chi connectivity index (χ3v) is 4.52. The van der Waals surface area contributed by atoms with Crippen molar-refractivity contribution in [1.82, 2.24) is 4.90 Å². The lowest BCUT2D eigenvalue weighted by Gasteiger charge is -2.26. The van der Waals surface area contributed by atoms with Gasteiger partial charge < -0.3 is 14.4 Å². The summed E-state index contributed by atoms with van der Waals surface area (Å²) in [5.41, 5.74) is 1.83. The molecule has 0 bridgehead atoms. The van der Waals surface area contributed by atoms with Crippen LogP contribution in [0.2, 0.25) is 0 Å². The summed E-state index contributed by atoms with van der Waals surface area (Å²) in [7, 11) is 4.84. The molecule has 28 heavy (non-hydrogen) atoms. The van der Waals surface area contributed by atoms with Gasteiger partial charge in [0.2, 0.25) is 5.91 Å². The predicted molar refractivity (Wildman–Crippen MR) is 107 cm³/mol. The molecular weight excluding hydrogens is 358 g/mol. The molecule has 1 aliphatic rings. The quantitative estimate of drug-likeness (QED) is 0.771. The highest BCUT2D eigenvalue weighted by atomic mass is 16.5. The summed E-state index contributed by atoms with van der Waals surface area (Å²) in [6.07, 6.45) is 0.566. The number of hydrogen-bond donors (Lipinski definition) is 0. The molecule has 0 unspecified atom stereocenters. The van der Waals surface area contributed by atoms with Gasteiger partial charge in [-0.1, -0.05) is 30.3 Å². The lowest BCUT2D eigenvalue weighted by molar-refractivity contribution is -0.123. The fourth-order valence-corrected chi connectivity index (χ4v) is 3.10. The van der Waals surface area contributed by atoms with Crippen molar-refractivity contribution in [3.05, 3.63) is 54.1 Å². The van der Waals surface area contributed by atoms with Crippen LogP contribution in [0.25, 0.3) is 0 Å². The van der Waals surface area contributed by atoms with Gasteiger partial charge >= 0.3 is 0 Å². The van der Waals surface area contributed by atoms with E-state index < -0.39 is 0 Å². The summed E-state index contributed by atoms with van der Waals surface area (Å²) in [5.74, 6) is 0.853. The molecule has 0 aliphatic carbocycles. The number of hydrazone groups is 1. The van der Waals surface area contributed by atoms with Gasteiger partial charge in [-0.3, -0.25) is 9.59 Å². The fraction of sp³-hybridized carbons (Fsp3) is 0.286. The normalized spacial score (nSPS) is 13.8. The smallest absolute Gasteiger partial charge is 0.270 e. The molecular formula is C21H23N3O4. The van der Waals surface area contributed by atoms with Crippen LogP contribution < -0.4 is 14.5 Å². The Morgan fingerprint density at radius 3 is 2.50 bits per heavy atom. The topological polar surface area (TPSA) is 71.4 Å². The lowest BCUT2D eigenvalue weighted by Crippen LogP contribution is -2.39. The van der Waals surface area contributed by atoms with Crippen molar-refractivity contribution < 1.29 is 19.1 Å². The Bertz CT molecular complexity index is 896. The van der Waals surface area contributed by atoms with E-state index in [-0.39, 0.29) is 18.2 Å². The van der Waals surface area contributed by atoms with E-state index in [0.717, 1.165) is 5.56 Å². The summed E-state index contributed by atoms with van der Waals surface area (Å²) >= 11 is 0. The van der Waals surface area contributed by atoms with Gasteiger partial charge in [-0.05, 0) is 18.2 Å². The Morgan fingerprint density at radius 1 is 1.07 bits per heavy atom. The molecule has 0 fully saturated rings. The number of hydrogen-bond acceptors (Lipinski definition) is 5. The van der Waals surface area contributed by atoms with Crippen LogP contribution in [-0.4, -0.2) is 43.7 Å². The molecule has 2 amide bonds. The van der Waals surface area contributed by atoms with Crippen LogP contribution in [0, 0.1) is 0 Å². The van der Waals surface area contributed by atoms with Crippen molar-refractivity contribution in [2.45, 2.75) is 19.4 Å². The van der Waals surface area contributed by atoms with Gasteiger partial charge in [0.25, 0.3) is 5.91 Å². The predicted octanol–water partition coefficient (Wildman–Crippen LogP) is 2.85. The Balaban J connectivity index is 1.81. The third kappa shape index (κ3) is 3.98. The molecule has 0 saturated heterocycles. The van der Waals surface area contributed by atoms with E-state index in [4.69, 9.17) is 9.47 Å². The van der Waals surface area contributed by atoms with Crippen molar-refractivity contribution in [3.8, 4) is 11.5 Å². The van der Waals surface area contributed by atoms with Gasteiger partial charge in [-0.15, -0.1) is 0 Å². The maximum Gasteiger partial charge on any atom is 0.270 e. The number of nitrogens with zero attached hydrogens (tertiary/aromatic N) is 3. The molecule has 2 aromatic carbocycles. The molecule has 0 N–H and O–H groups in total. The maximum atomic E-state index is 12.9. The average molecular weight is 381 g/mol. The van der Waals surface area contributed by atoms with E-state index in [1.165, 1.54) is 5.01 Å². The number of para-hydroxylation sites is 2. The average Bonchev–Trinajstić information content (AvgIpc) is 2.73. The first-order valence-electron chi connectivity index (χ1n) is 8.96. The molecule has 1 heterocycles. The van der Waals surface area contributed by atoms with Crippen molar-refractivity contribution in [2.75, 3.05) is 26.3 Å². The van der Waals surface area contributed by atoms with E-state index in [9.17, 15) is 9.59 Å². The van der Waals surface area contributed by atoms with E-state index in [1.54, 1.807) is 44.4 Å². The van der Waals surface area contributed by atoms with Gasteiger partial charge in [0.1, 0.15) is 5.71 Å². The summed E-state index contributed by atoms with van der Waals surface area (Å²) < 4.78 is 10.8. The number of methoxy groups -OCH3 is 2. The van der Waals surface area contributed by atoms with Crippen LogP contribution in [-0.2, 0) is 16.1 Å². The van der Waals surface area contributed by atoms with Crippen LogP contribution in [0.4, 0.5) is 5.69 Å². The Hall–Kier alpha value is -3.35. The maximum absolute atomic E-state index is 12.9. The van der Waals surface area contributed by atoms with Crippen molar-refractivity contribution in [3.63, 3.8) is 0 Å². The minimum Gasteiger partial charge on any atom is -0.493 e. The molecule has 146 valence electrons. The molecule has 7 heteroatoms. The minimum atomic E-state index is -0.224. The zero-order chi connectivity index (χ0) is 20.1. The first-order chi connectivity index (χ1) is 13.5. The fourth-order valence-electron chi connectivity index (χ4n) is 3.10. The summed E-state index contributed by atoms with van der Waals surface area (Å²) in [6, 6.07) is 14.6. The van der Waals surface area contributed by atoms with Gasteiger partial charge in [-0.2, -0.15) is 5.10 Å². The number of amides is 2. The second-order valence-electron chi connectivity index (χ2n) is 6.40. The lowest BCUT2D eigenvalue weighted by atomic mass is 10.1. The van der Waals surface area contributed by atoms with Gasteiger partial charge in [0, 0.05) is 32.0 Å². The van der Waals surface area contributed by atoms with Crippen molar-refractivity contribution >= 4 is 23.2 Å². The van der Waals surface area contributed by atoms with Crippen LogP contribution >= 0.6 is 0 Å². The number of ether oxygens (including phenoxy) is 2. The van der Waals surface area contributed by atoms with E-state index in [0.29, 0.717) is 35.9 Å². The van der Waals surface area contributed by atoms with Gasteiger partial charge in [0.15, 0.2) is 11.5 Å². The van der Waals surface area contributed by atoms with Crippen LogP contribution in [0.5, 0.6) is 11.5 Å². The zero-order valence-electron chi connectivity index (χ0n) is 16.2. The van der Waals surface area contributed by atoms with Crippen molar-refractivity contribution in [2.24, 2.45) is 5.10 Å². The van der Waals surface area contributed by atoms with Gasteiger partial charge in [0.05, 0.1) is 19.9 Å². The highest BCUT2D eigenvalue weighted by molar-refractivity contribution is 6.40. The number of anilines is 1. The molecule has 0 spiro atoms. The highest BCUT2D eigenvalue weighted by Gasteiger charge is 2.27. The van der Waals surface area contributed by atoms with Crippen LogP contribution in [0.1, 0.15) is 18.4 Å². The molecule has 7 nitrogen and oxygen atoms in total. The largest absolute Gasteiger partial charge is 0.493 e. The summed E-state index contributed by atoms with van der Waals surface area (Å²) in [4.78, 5) is 26.7. The highest BCUT2D eigenvalue weighted by Crippen LogP contribution is 2.31. The SMILES string of the molecule is COc1cccc(CN(C)C(=O)C2=NN(c3ccccc3)C(=O)CC2)c1OC. The summed E-state index contributed by atoms with van der Waals surface area (Å²) in [6.45, 7) is 0.331. The molecule has 0 saturated carbocycles. The van der Waals surface area contributed by atoms with E-state index in [1.807, 2.05) is 30.3 Å². The number of carbonyl (C=O) groups is 2. The standard InChI is InChI=1S/C21H23N3O4/c1-23(14-15-8-7-11-18(27-2)20(15)28-3)21(26)17-12-13-19(25)24(22-17)16-9-5-4-6-10-16/h4-11H,12-14H2,1-3H3. The number of rotatable bonds is 6. The monoisotopic (exact) mass is 381 g/mol. The van der Waals surface area contributed by atoms with Gasteiger partial charge in [-0.25, -0.2) is 5.01 Å². The zero-order valence-corrected chi connectivity index (χ0v) is 16.2. The van der Waals surface area contributed by atoms with E-state index in [2.05, 4.69) is 5.10 Å². The Labute approximate surface area is 164 Å². The number of benzene rings is 2. The second-order valence-corrected chi connectivity index (χ2v) is 6.40. The Morgan fingerprint density at radius 2 is 1.82 bits per heavy atom. The first kappa shape index (κ1) is 19.4. The first-order valence-corrected chi connectivity index (χ1v) is 8.96. The molecule has 1 aliphatic heterocycles. The molecule has 0 radical (unpaired) electrons. The van der Waals surface area contributed by atoms with Crippen LogP contribution in [0.15, 0.2) is 53.6 Å². The van der Waals surface area contributed by atoms with Crippen molar-refractivity contribution in [1.29, 1.82) is 0 Å².